The Labute approximate surface area is 120 Å². The van der Waals surface area contributed by atoms with Gasteiger partial charge in [-0.05, 0) is 53.2 Å². The van der Waals surface area contributed by atoms with Crippen LogP contribution < -0.4 is 11.1 Å². The number of nitro groups is 1. The van der Waals surface area contributed by atoms with E-state index in [1.807, 2.05) is 6.07 Å². The number of halogens is 1. The van der Waals surface area contributed by atoms with Gasteiger partial charge < -0.3 is 11.1 Å². The summed E-state index contributed by atoms with van der Waals surface area (Å²) in [5, 5.41) is 14.3. The third-order valence-corrected chi connectivity index (χ3v) is 4.24. The van der Waals surface area contributed by atoms with E-state index in [-0.39, 0.29) is 10.6 Å². The highest BCUT2D eigenvalue weighted by Crippen LogP contribution is 2.26. The van der Waals surface area contributed by atoms with Gasteiger partial charge in [-0.25, -0.2) is 0 Å². The maximum Gasteiger partial charge on any atom is 0.283 e. The summed E-state index contributed by atoms with van der Waals surface area (Å²) in [5.74, 6) is 0. The van der Waals surface area contributed by atoms with E-state index in [0.717, 1.165) is 31.2 Å². The molecule has 1 aromatic carbocycles. The molecular formula is C13H18BrN3O2. The average Bonchev–Trinajstić information content (AvgIpc) is 2.39. The molecule has 0 saturated heterocycles. The molecule has 5 nitrogen and oxygen atoms in total. The summed E-state index contributed by atoms with van der Waals surface area (Å²) in [6, 6.07) is 6.06. The predicted octanol–water partition coefficient (Wildman–Crippen LogP) is 2.72. The first-order valence-corrected chi connectivity index (χ1v) is 7.27. The van der Waals surface area contributed by atoms with E-state index < -0.39 is 0 Å². The molecule has 1 aromatic rings. The molecule has 1 aliphatic carbocycles. The molecule has 6 heteroatoms. The standard InChI is InChI=1S/C13H18BrN3O2/c14-12-6-1-9(7-13(12)17(18)19)8-16-11-4-2-10(15)3-5-11/h1,6-7,10-11,16H,2-5,8,15H2. The van der Waals surface area contributed by atoms with Crippen molar-refractivity contribution in [3.05, 3.63) is 38.3 Å². The molecule has 1 aliphatic rings. The Morgan fingerprint density at radius 2 is 2.05 bits per heavy atom. The second-order valence-electron chi connectivity index (χ2n) is 5.04. The molecule has 0 aliphatic heterocycles. The highest BCUT2D eigenvalue weighted by molar-refractivity contribution is 9.10. The minimum absolute atomic E-state index is 0.116. The topological polar surface area (TPSA) is 81.2 Å². The lowest BCUT2D eigenvalue weighted by atomic mass is 9.92. The minimum Gasteiger partial charge on any atom is -0.328 e. The van der Waals surface area contributed by atoms with Gasteiger partial charge in [0.2, 0.25) is 0 Å². The fourth-order valence-electron chi connectivity index (χ4n) is 2.39. The van der Waals surface area contributed by atoms with Crippen molar-refractivity contribution in [1.82, 2.24) is 5.32 Å². The van der Waals surface area contributed by atoms with E-state index in [2.05, 4.69) is 21.2 Å². The van der Waals surface area contributed by atoms with Crippen LogP contribution in [0.1, 0.15) is 31.2 Å². The molecule has 0 heterocycles. The summed E-state index contributed by atoms with van der Waals surface area (Å²) in [6.45, 7) is 0.661. The van der Waals surface area contributed by atoms with E-state index in [0.29, 0.717) is 23.1 Å². The average molecular weight is 328 g/mol. The van der Waals surface area contributed by atoms with Crippen LogP contribution in [-0.2, 0) is 6.54 Å². The van der Waals surface area contributed by atoms with Crippen molar-refractivity contribution in [1.29, 1.82) is 0 Å². The molecule has 0 aromatic heterocycles. The summed E-state index contributed by atoms with van der Waals surface area (Å²) < 4.78 is 0.518. The van der Waals surface area contributed by atoms with Crippen LogP contribution in [-0.4, -0.2) is 17.0 Å². The highest BCUT2D eigenvalue weighted by atomic mass is 79.9. The van der Waals surface area contributed by atoms with Crippen molar-refractivity contribution in [2.45, 2.75) is 44.3 Å². The number of rotatable bonds is 4. The normalized spacial score (nSPS) is 23.3. The van der Waals surface area contributed by atoms with Crippen LogP contribution in [0.3, 0.4) is 0 Å². The van der Waals surface area contributed by atoms with E-state index in [4.69, 9.17) is 5.73 Å². The number of nitrogens with zero attached hydrogens (tertiary/aromatic N) is 1. The fourth-order valence-corrected chi connectivity index (χ4v) is 2.79. The molecule has 104 valence electrons. The number of nitrogens with two attached hydrogens (primary N) is 1. The van der Waals surface area contributed by atoms with Gasteiger partial charge in [0.15, 0.2) is 0 Å². The van der Waals surface area contributed by atoms with Crippen LogP contribution in [0.4, 0.5) is 5.69 Å². The third-order valence-electron chi connectivity index (χ3n) is 3.57. The maximum absolute atomic E-state index is 10.9. The Hall–Kier alpha value is -0.980. The van der Waals surface area contributed by atoms with Gasteiger partial charge in [-0.3, -0.25) is 10.1 Å². The summed E-state index contributed by atoms with van der Waals surface area (Å²) in [7, 11) is 0. The van der Waals surface area contributed by atoms with E-state index in [1.54, 1.807) is 12.1 Å². The molecule has 2 rings (SSSR count). The summed E-state index contributed by atoms with van der Waals surface area (Å²) >= 11 is 3.19. The molecule has 3 N–H and O–H groups in total. The zero-order chi connectivity index (χ0) is 13.8. The minimum atomic E-state index is -0.368. The molecule has 0 unspecified atom stereocenters. The molecule has 0 amide bonds. The van der Waals surface area contributed by atoms with Gasteiger partial charge in [-0.15, -0.1) is 0 Å². The second kappa shape index (κ2) is 6.45. The quantitative estimate of drug-likeness (QED) is 0.658. The molecule has 0 radical (unpaired) electrons. The van der Waals surface area contributed by atoms with Crippen molar-refractivity contribution in [2.24, 2.45) is 5.73 Å². The third kappa shape index (κ3) is 3.99. The van der Waals surface area contributed by atoms with Crippen molar-refractivity contribution in [2.75, 3.05) is 0 Å². The molecule has 0 bridgehead atoms. The summed E-state index contributed by atoms with van der Waals surface area (Å²) in [6.07, 6.45) is 4.27. The Morgan fingerprint density at radius 1 is 1.37 bits per heavy atom. The number of benzene rings is 1. The Kier molecular flexibility index (Phi) is 4.90. The molecule has 1 saturated carbocycles. The summed E-state index contributed by atoms with van der Waals surface area (Å²) in [4.78, 5) is 10.5. The largest absolute Gasteiger partial charge is 0.328 e. The van der Waals surface area contributed by atoms with Gasteiger partial charge in [0.1, 0.15) is 0 Å². The fraction of sp³-hybridized carbons (Fsp3) is 0.538. The molecule has 0 atom stereocenters. The lowest BCUT2D eigenvalue weighted by molar-refractivity contribution is -0.385. The van der Waals surface area contributed by atoms with Crippen LogP contribution >= 0.6 is 15.9 Å². The van der Waals surface area contributed by atoms with Crippen LogP contribution in [0.25, 0.3) is 0 Å². The van der Waals surface area contributed by atoms with Gasteiger partial charge in [-0.2, -0.15) is 0 Å². The van der Waals surface area contributed by atoms with Crippen molar-refractivity contribution in [3.8, 4) is 0 Å². The zero-order valence-electron chi connectivity index (χ0n) is 10.6. The number of nitrogens with one attached hydrogen (secondary N) is 1. The molecule has 19 heavy (non-hydrogen) atoms. The lowest BCUT2D eigenvalue weighted by Crippen LogP contribution is -2.37. The van der Waals surface area contributed by atoms with E-state index in [1.165, 1.54) is 0 Å². The van der Waals surface area contributed by atoms with Crippen molar-refractivity contribution < 1.29 is 4.92 Å². The van der Waals surface area contributed by atoms with Gasteiger partial charge in [0.25, 0.3) is 5.69 Å². The van der Waals surface area contributed by atoms with Crippen molar-refractivity contribution >= 4 is 21.6 Å². The first-order chi connectivity index (χ1) is 9.06. The van der Waals surface area contributed by atoms with Crippen molar-refractivity contribution in [3.63, 3.8) is 0 Å². The monoisotopic (exact) mass is 327 g/mol. The molecule has 1 fully saturated rings. The first kappa shape index (κ1) is 14.4. The Balaban J connectivity index is 1.92. The smallest absolute Gasteiger partial charge is 0.283 e. The van der Waals surface area contributed by atoms with Gasteiger partial charge in [0.05, 0.1) is 9.40 Å². The summed E-state index contributed by atoms with van der Waals surface area (Å²) in [5.41, 5.74) is 6.92. The number of hydrogen-bond donors (Lipinski definition) is 2. The van der Waals surface area contributed by atoms with Crippen LogP contribution in [0, 0.1) is 10.1 Å². The zero-order valence-corrected chi connectivity index (χ0v) is 12.2. The number of nitro benzene ring substituents is 1. The van der Waals surface area contributed by atoms with Gasteiger partial charge in [0, 0.05) is 24.7 Å². The van der Waals surface area contributed by atoms with Crippen LogP contribution in [0.2, 0.25) is 0 Å². The predicted molar refractivity (Wildman–Crippen MR) is 77.9 cm³/mol. The second-order valence-corrected chi connectivity index (χ2v) is 5.89. The lowest BCUT2D eigenvalue weighted by Gasteiger charge is -2.26. The van der Waals surface area contributed by atoms with Crippen LogP contribution in [0.5, 0.6) is 0 Å². The van der Waals surface area contributed by atoms with Crippen LogP contribution in [0.15, 0.2) is 22.7 Å². The number of hydrogen-bond acceptors (Lipinski definition) is 4. The first-order valence-electron chi connectivity index (χ1n) is 6.48. The SMILES string of the molecule is NC1CCC(NCc2ccc(Br)c([N+](=O)[O-])c2)CC1. The van der Waals surface area contributed by atoms with E-state index in [9.17, 15) is 10.1 Å². The Bertz CT molecular complexity index is 459. The maximum atomic E-state index is 10.9. The Morgan fingerprint density at radius 3 is 2.68 bits per heavy atom. The van der Waals surface area contributed by atoms with E-state index >= 15 is 0 Å². The highest BCUT2D eigenvalue weighted by Gasteiger charge is 2.18. The van der Waals surface area contributed by atoms with Gasteiger partial charge in [-0.1, -0.05) is 6.07 Å². The molecular weight excluding hydrogens is 310 g/mol. The van der Waals surface area contributed by atoms with Gasteiger partial charge >= 0.3 is 0 Å². The molecule has 0 spiro atoms.